The molecule has 0 saturated heterocycles. The Labute approximate surface area is 333 Å². The molecule has 4 aliphatic rings. The number of hydrogen-bond donors (Lipinski definition) is 0. The van der Waals surface area contributed by atoms with Gasteiger partial charge in [0.1, 0.15) is 17.9 Å². The molecule has 8 unspecified atom stereocenters. The normalized spacial score (nSPS) is 25.0. The van der Waals surface area contributed by atoms with Crippen LogP contribution < -0.4 is 0 Å². The van der Waals surface area contributed by atoms with Gasteiger partial charge in [-0.3, -0.25) is 9.59 Å². The number of thiophene rings is 6. The Morgan fingerprint density at radius 1 is 0.604 bits per heavy atom. The molecule has 0 spiro atoms. The lowest BCUT2D eigenvalue weighted by Crippen LogP contribution is -2.33. The van der Waals surface area contributed by atoms with E-state index in [9.17, 15) is 0 Å². The molecule has 2 saturated carbocycles. The van der Waals surface area contributed by atoms with Crippen LogP contribution in [0.2, 0.25) is 0 Å². The summed E-state index contributed by atoms with van der Waals surface area (Å²) in [5.41, 5.74) is 6.02. The van der Waals surface area contributed by atoms with E-state index in [1.807, 2.05) is 0 Å². The van der Waals surface area contributed by atoms with Crippen molar-refractivity contribution >= 4 is 80.0 Å². The largest absolute Gasteiger partial charge is 0.465 e. The second kappa shape index (κ2) is 14.4. The van der Waals surface area contributed by atoms with Crippen molar-refractivity contribution in [2.24, 2.45) is 29.6 Å². The van der Waals surface area contributed by atoms with E-state index in [4.69, 9.17) is 9.47 Å². The van der Waals surface area contributed by atoms with Crippen molar-refractivity contribution in [3.8, 4) is 41.8 Å². The number of allylic oxidation sites excluding steroid dienone is 3. The summed E-state index contributed by atoms with van der Waals surface area (Å²) in [5.74, 6) is -0.538. The Balaban J connectivity index is 1.14. The van der Waals surface area contributed by atoms with Gasteiger partial charge in [-0.15, -0.1) is 22.7 Å². The lowest BCUT2D eigenvalue weighted by atomic mass is 9.79. The molecular formula is C43H36O4S6. The third-order valence-electron chi connectivity index (χ3n) is 11.6. The van der Waals surface area contributed by atoms with Crippen LogP contribution >= 0.6 is 68.0 Å². The van der Waals surface area contributed by atoms with Gasteiger partial charge in [-0.1, -0.05) is 24.3 Å². The molecule has 8 atom stereocenters. The SMILES string of the molecule is O=C(OCC1CC2C=CC1C2)C(c1cc(-c2ccsc2)sc1-c1ccsc1)C(C(=O)OC1CC2C=CC1C2)c1cc(-c2ccsc2)sc1-c1ccsc1. The molecule has 2 fully saturated rings. The molecular weight excluding hydrogens is 773 g/mol. The first-order valence-corrected chi connectivity index (χ1v) is 23.6. The smallest absolute Gasteiger partial charge is 0.315 e. The van der Waals surface area contributed by atoms with Gasteiger partial charge < -0.3 is 9.47 Å². The highest BCUT2D eigenvalue weighted by atomic mass is 32.1. The Hall–Kier alpha value is -3.38. The zero-order valence-corrected chi connectivity index (χ0v) is 33.5. The first-order chi connectivity index (χ1) is 26.1. The van der Waals surface area contributed by atoms with E-state index < -0.39 is 11.8 Å². The predicted octanol–water partition coefficient (Wildman–Crippen LogP) is 12.9. The molecule has 6 heterocycles. The van der Waals surface area contributed by atoms with E-state index in [2.05, 4.69) is 104 Å². The van der Waals surface area contributed by atoms with Crippen molar-refractivity contribution in [3.05, 3.63) is 115 Å². The Bertz CT molecular complexity index is 2270. The summed E-state index contributed by atoms with van der Waals surface area (Å²) in [7, 11) is 0. The van der Waals surface area contributed by atoms with Crippen molar-refractivity contribution in [2.45, 2.75) is 43.6 Å². The van der Waals surface area contributed by atoms with E-state index in [0.717, 1.165) is 78.6 Å². The Morgan fingerprint density at radius 2 is 1.11 bits per heavy atom. The summed E-state index contributed by atoms with van der Waals surface area (Å²) < 4.78 is 13.1. The van der Waals surface area contributed by atoms with Crippen molar-refractivity contribution in [1.29, 1.82) is 0 Å². The molecule has 6 aromatic heterocycles. The summed E-state index contributed by atoms with van der Waals surface area (Å²) in [6.45, 7) is 0.357. The molecule has 4 nitrogen and oxygen atoms in total. The lowest BCUT2D eigenvalue weighted by Gasteiger charge is -2.29. The van der Waals surface area contributed by atoms with Crippen LogP contribution in [-0.2, 0) is 19.1 Å². The van der Waals surface area contributed by atoms with Gasteiger partial charge in [-0.25, -0.2) is 0 Å². The fraction of sp³-hybridized carbons (Fsp3) is 0.302. The zero-order chi connectivity index (χ0) is 35.5. The van der Waals surface area contributed by atoms with Crippen molar-refractivity contribution in [3.63, 3.8) is 0 Å². The van der Waals surface area contributed by atoms with Crippen LogP contribution in [-0.4, -0.2) is 24.6 Å². The van der Waals surface area contributed by atoms with E-state index in [1.54, 1.807) is 68.0 Å². The second-order valence-corrected chi connectivity index (χ2v) is 19.9. The molecule has 0 radical (unpaired) electrons. The minimum Gasteiger partial charge on any atom is -0.465 e. The molecule has 0 aromatic carbocycles. The monoisotopic (exact) mass is 808 g/mol. The summed E-state index contributed by atoms with van der Waals surface area (Å²) in [5, 5.41) is 16.9. The molecule has 4 aliphatic carbocycles. The van der Waals surface area contributed by atoms with Crippen LogP contribution in [0.1, 0.15) is 48.6 Å². The van der Waals surface area contributed by atoms with Crippen molar-refractivity contribution in [1.82, 2.24) is 0 Å². The third-order valence-corrected chi connectivity index (χ3v) is 16.8. The van der Waals surface area contributed by atoms with E-state index in [1.165, 1.54) is 0 Å². The van der Waals surface area contributed by atoms with Crippen LogP contribution in [0.15, 0.2) is 104 Å². The molecule has 4 bridgehead atoms. The molecule has 10 rings (SSSR count). The molecule has 268 valence electrons. The fourth-order valence-corrected chi connectivity index (χ4v) is 14.2. The van der Waals surface area contributed by atoms with Gasteiger partial charge in [0.15, 0.2) is 0 Å². The van der Waals surface area contributed by atoms with Crippen molar-refractivity contribution in [2.75, 3.05) is 6.61 Å². The van der Waals surface area contributed by atoms with Gasteiger partial charge in [0.05, 0.1) is 6.61 Å². The Kier molecular flexibility index (Phi) is 9.25. The topological polar surface area (TPSA) is 52.6 Å². The number of carbonyl (C=O) groups excluding carboxylic acids is 2. The molecule has 10 heteroatoms. The third kappa shape index (κ3) is 6.49. The van der Waals surface area contributed by atoms with Crippen LogP contribution in [0.4, 0.5) is 0 Å². The minimum atomic E-state index is -0.911. The maximum Gasteiger partial charge on any atom is 0.315 e. The van der Waals surface area contributed by atoms with E-state index in [0.29, 0.717) is 30.3 Å². The molecule has 0 aliphatic heterocycles. The molecule has 0 N–H and O–H groups in total. The summed E-state index contributed by atoms with van der Waals surface area (Å²) in [6.07, 6.45) is 12.9. The molecule has 6 aromatic rings. The van der Waals surface area contributed by atoms with Gasteiger partial charge in [0.2, 0.25) is 0 Å². The van der Waals surface area contributed by atoms with Gasteiger partial charge in [0.25, 0.3) is 0 Å². The van der Waals surface area contributed by atoms with Crippen LogP contribution in [0.5, 0.6) is 0 Å². The maximum atomic E-state index is 15.3. The average molecular weight is 809 g/mol. The fourth-order valence-electron chi connectivity index (χ4n) is 8.94. The minimum absolute atomic E-state index is 0.197. The quantitative estimate of drug-likeness (QED) is 0.0913. The van der Waals surface area contributed by atoms with Gasteiger partial charge in [-0.2, -0.15) is 45.3 Å². The number of rotatable bonds is 12. The van der Waals surface area contributed by atoms with Gasteiger partial charge in [0, 0.05) is 47.7 Å². The number of carbonyl (C=O) groups is 2. The average Bonchev–Trinajstić information content (AvgIpc) is 4.03. The predicted molar refractivity (Wildman–Crippen MR) is 222 cm³/mol. The highest BCUT2D eigenvalue weighted by Gasteiger charge is 2.46. The zero-order valence-electron chi connectivity index (χ0n) is 28.6. The highest BCUT2D eigenvalue weighted by Crippen LogP contribution is 2.52. The Morgan fingerprint density at radius 3 is 1.57 bits per heavy atom. The lowest BCUT2D eigenvalue weighted by molar-refractivity contribution is -0.158. The summed E-state index contributed by atoms with van der Waals surface area (Å²) >= 11 is 9.97. The van der Waals surface area contributed by atoms with E-state index in [-0.39, 0.29) is 24.0 Å². The van der Waals surface area contributed by atoms with Crippen molar-refractivity contribution < 1.29 is 19.1 Å². The van der Waals surface area contributed by atoms with Gasteiger partial charge in [-0.05, 0) is 140 Å². The second-order valence-electron chi connectivity index (χ2n) is 14.7. The summed E-state index contributed by atoms with van der Waals surface area (Å²) in [4.78, 5) is 34.6. The standard InChI is InChI=1S/C43H36O4S6/c44-42(46-19-32-15-24-1-3-26(32)13-24)38(33-17-36(28-5-9-48-20-28)52-40(33)30-7-11-50-22-30)39(43(45)47-35-16-25-2-4-27(35)14-25)34-18-37(29-6-10-49-21-29)53-41(34)31-8-12-51-23-31/h1-12,17-18,20-27,32,35,38-39H,13-16,19H2. The maximum absolute atomic E-state index is 15.3. The highest BCUT2D eigenvalue weighted by molar-refractivity contribution is 7.20. The molecule has 53 heavy (non-hydrogen) atoms. The van der Waals surface area contributed by atoms with Crippen LogP contribution in [0.3, 0.4) is 0 Å². The number of fused-ring (bicyclic) bond motifs is 4. The van der Waals surface area contributed by atoms with Crippen LogP contribution in [0, 0.1) is 29.6 Å². The van der Waals surface area contributed by atoms with Gasteiger partial charge >= 0.3 is 11.9 Å². The number of ether oxygens (including phenoxy) is 2. The first kappa shape index (κ1) is 34.1. The summed E-state index contributed by atoms with van der Waals surface area (Å²) in [6, 6.07) is 12.8. The molecule has 0 amide bonds. The number of esters is 2. The van der Waals surface area contributed by atoms with E-state index >= 15 is 9.59 Å². The number of hydrogen-bond acceptors (Lipinski definition) is 10. The van der Waals surface area contributed by atoms with Crippen LogP contribution in [0.25, 0.3) is 41.8 Å². The first-order valence-electron chi connectivity index (χ1n) is 18.2.